The third-order valence-electron chi connectivity index (χ3n) is 5.64. The Morgan fingerprint density at radius 2 is 2.09 bits per heavy atom. The normalized spacial score (nSPS) is 16.8. The second-order valence-corrected chi connectivity index (χ2v) is 9.42. The van der Waals surface area contributed by atoms with Crippen molar-refractivity contribution in [2.24, 2.45) is 5.92 Å². The summed E-state index contributed by atoms with van der Waals surface area (Å²) >= 11 is 13.9. The van der Waals surface area contributed by atoms with Crippen LogP contribution in [0.4, 0.5) is 0 Å². The minimum Gasteiger partial charge on any atom is -0.493 e. The molecule has 1 fully saturated rings. The minimum atomic E-state index is 0.292. The van der Waals surface area contributed by atoms with Crippen LogP contribution in [0.25, 0.3) is 16.6 Å². The van der Waals surface area contributed by atoms with Gasteiger partial charge in [-0.05, 0) is 55.5 Å². The topological polar surface area (TPSA) is 50.4 Å². The van der Waals surface area contributed by atoms with Gasteiger partial charge in [-0.15, -0.1) is 11.6 Å². The second kappa shape index (κ2) is 10.7. The first kappa shape index (κ1) is 23.1. The van der Waals surface area contributed by atoms with Gasteiger partial charge >= 0.3 is 0 Å². The van der Waals surface area contributed by atoms with E-state index in [-0.39, 0.29) is 0 Å². The second-order valence-electron chi connectivity index (χ2n) is 7.75. The van der Waals surface area contributed by atoms with E-state index in [2.05, 4.69) is 22.7 Å². The van der Waals surface area contributed by atoms with Gasteiger partial charge in [-0.2, -0.15) is 5.26 Å². The maximum atomic E-state index is 9.56. The highest BCUT2D eigenvalue weighted by Crippen LogP contribution is 2.33. The van der Waals surface area contributed by atoms with Crippen LogP contribution < -0.4 is 9.47 Å². The van der Waals surface area contributed by atoms with Crippen LogP contribution in [0.3, 0.4) is 0 Å². The molecule has 0 aliphatic carbocycles. The first-order valence-corrected chi connectivity index (χ1v) is 12.7. The smallest absolute Gasteiger partial charge is 0.155 e. The molecule has 1 atom stereocenters. The van der Waals surface area contributed by atoms with E-state index >= 15 is 0 Å². The number of alkyl halides is 1. The molecule has 1 aliphatic heterocycles. The van der Waals surface area contributed by atoms with Crippen LogP contribution in [-0.2, 0) is 0 Å². The first-order chi connectivity index (χ1) is 15.6. The standard InChI is InChI=1S/C24H25Cl2N3O2S/c1-32-28-8-2-3-17(15-28)16-31-21-4-5-23-18(12-21)6-9-29(23)20-11-19(14-27)24(22(26)13-20)30-10-7-25/h4-6,9,11-13,17H,2-3,7-8,10,15-16H2,1H3. The zero-order chi connectivity index (χ0) is 22.5. The Hall–Kier alpha value is -2.04. The largest absolute Gasteiger partial charge is 0.493 e. The highest BCUT2D eigenvalue weighted by molar-refractivity contribution is 7.96. The molecule has 168 valence electrons. The molecule has 0 N–H and O–H groups in total. The van der Waals surface area contributed by atoms with Crippen LogP contribution in [0, 0.1) is 17.2 Å². The van der Waals surface area contributed by atoms with Crippen LogP contribution in [0.2, 0.25) is 5.02 Å². The third-order valence-corrected chi connectivity index (χ3v) is 6.92. The Kier molecular flexibility index (Phi) is 7.75. The number of aromatic nitrogens is 1. The molecule has 4 rings (SSSR count). The van der Waals surface area contributed by atoms with Gasteiger partial charge in [-0.25, -0.2) is 0 Å². The van der Waals surface area contributed by atoms with E-state index in [4.69, 9.17) is 32.7 Å². The lowest BCUT2D eigenvalue weighted by Gasteiger charge is -2.30. The summed E-state index contributed by atoms with van der Waals surface area (Å²) in [5.74, 6) is 2.12. The summed E-state index contributed by atoms with van der Waals surface area (Å²) in [5.41, 5.74) is 2.19. The number of hydrogen-bond donors (Lipinski definition) is 0. The maximum absolute atomic E-state index is 9.56. The molecule has 0 saturated carbocycles. The molecule has 0 amide bonds. The molecular weight excluding hydrogens is 465 g/mol. The van der Waals surface area contributed by atoms with Gasteiger partial charge < -0.3 is 14.0 Å². The maximum Gasteiger partial charge on any atom is 0.155 e. The first-order valence-electron chi connectivity index (χ1n) is 10.6. The van der Waals surface area contributed by atoms with Gasteiger partial charge in [0.2, 0.25) is 0 Å². The minimum absolute atomic E-state index is 0.292. The molecule has 3 aromatic rings. The number of fused-ring (bicyclic) bond motifs is 1. The fraction of sp³-hybridized carbons (Fsp3) is 0.375. The van der Waals surface area contributed by atoms with E-state index in [1.54, 1.807) is 12.1 Å². The Morgan fingerprint density at radius 1 is 1.22 bits per heavy atom. The third kappa shape index (κ3) is 5.13. The van der Waals surface area contributed by atoms with Crippen LogP contribution in [0.5, 0.6) is 11.5 Å². The summed E-state index contributed by atoms with van der Waals surface area (Å²) in [7, 11) is 0. The van der Waals surface area contributed by atoms with Gasteiger partial charge in [-0.1, -0.05) is 23.5 Å². The van der Waals surface area contributed by atoms with Crippen molar-refractivity contribution in [3.8, 4) is 23.3 Å². The van der Waals surface area contributed by atoms with E-state index in [0.29, 0.717) is 34.7 Å². The van der Waals surface area contributed by atoms with Crippen molar-refractivity contribution in [2.75, 3.05) is 38.4 Å². The van der Waals surface area contributed by atoms with Gasteiger partial charge in [0.05, 0.1) is 28.6 Å². The van der Waals surface area contributed by atoms with E-state index in [9.17, 15) is 5.26 Å². The summed E-state index contributed by atoms with van der Waals surface area (Å²) in [4.78, 5) is 0. The van der Waals surface area contributed by atoms with Crippen molar-refractivity contribution in [1.82, 2.24) is 8.87 Å². The molecule has 8 heteroatoms. The number of rotatable bonds is 8. The van der Waals surface area contributed by atoms with Crippen molar-refractivity contribution >= 4 is 46.1 Å². The van der Waals surface area contributed by atoms with Crippen molar-refractivity contribution < 1.29 is 9.47 Å². The zero-order valence-electron chi connectivity index (χ0n) is 17.9. The summed E-state index contributed by atoms with van der Waals surface area (Å²) in [6.07, 6.45) is 6.54. The molecule has 0 spiro atoms. The number of benzene rings is 2. The lowest BCUT2D eigenvalue weighted by Crippen LogP contribution is -2.33. The highest BCUT2D eigenvalue weighted by Gasteiger charge is 2.20. The molecule has 1 saturated heterocycles. The number of halogens is 2. The van der Waals surface area contributed by atoms with Gasteiger partial charge in [0.15, 0.2) is 5.75 Å². The average molecular weight is 490 g/mol. The van der Waals surface area contributed by atoms with Crippen molar-refractivity contribution in [3.05, 3.63) is 53.2 Å². The highest BCUT2D eigenvalue weighted by atomic mass is 35.5. The predicted octanol–water partition coefficient (Wildman–Crippen LogP) is 6.14. The summed E-state index contributed by atoms with van der Waals surface area (Å²) in [5, 5.41) is 11.0. The Balaban J connectivity index is 1.53. The molecule has 1 aliphatic rings. The van der Waals surface area contributed by atoms with Crippen LogP contribution >= 0.6 is 35.1 Å². The molecule has 0 radical (unpaired) electrons. The molecule has 2 heterocycles. The monoisotopic (exact) mass is 489 g/mol. The molecular formula is C24H25Cl2N3O2S. The SMILES string of the molecule is CSN1CCCC(COc2ccc3c(ccn3-c3cc(Cl)c(OCCCl)c(C#N)c3)c2)C1. The lowest BCUT2D eigenvalue weighted by atomic mass is 10.0. The zero-order valence-corrected chi connectivity index (χ0v) is 20.2. The van der Waals surface area contributed by atoms with Crippen LogP contribution in [0.15, 0.2) is 42.6 Å². The van der Waals surface area contributed by atoms with E-state index in [1.807, 2.05) is 40.9 Å². The number of hydrogen-bond acceptors (Lipinski definition) is 5. The van der Waals surface area contributed by atoms with Crippen molar-refractivity contribution in [1.29, 1.82) is 5.26 Å². The Morgan fingerprint density at radius 3 is 2.88 bits per heavy atom. The quantitative estimate of drug-likeness (QED) is 0.280. The Bertz CT molecular complexity index is 1130. The molecule has 1 aromatic heterocycles. The summed E-state index contributed by atoms with van der Waals surface area (Å²) in [6.45, 7) is 3.26. The van der Waals surface area contributed by atoms with E-state index < -0.39 is 0 Å². The van der Waals surface area contributed by atoms with Crippen molar-refractivity contribution in [3.63, 3.8) is 0 Å². The van der Waals surface area contributed by atoms with Crippen molar-refractivity contribution in [2.45, 2.75) is 12.8 Å². The molecule has 5 nitrogen and oxygen atoms in total. The van der Waals surface area contributed by atoms with Crippen LogP contribution in [-0.4, -0.2) is 47.3 Å². The van der Waals surface area contributed by atoms with Crippen LogP contribution in [0.1, 0.15) is 18.4 Å². The number of nitrogens with zero attached hydrogens (tertiary/aromatic N) is 3. The number of nitriles is 1. The predicted molar refractivity (Wildman–Crippen MR) is 133 cm³/mol. The van der Waals surface area contributed by atoms with Gasteiger partial charge in [-0.3, -0.25) is 4.31 Å². The molecule has 32 heavy (non-hydrogen) atoms. The molecule has 0 bridgehead atoms. The fourth-order valence-corrected chi connectivity index (χ4v) is 5.08. The van der Waals surface area contributed by atoms with Gasteiger partial charge in [0.1, 0.15) is 18.4 Å². The lowest BCUT2D eigenvalue weighted by molar-refractivity contribution is 0.187. The van der Waals surface area contributed by atoms with Gasteiger partial charge in [0.25, 0.3) is 0 Å². The van der Waals surface area contributed by atoms with E-state index in [1.165, 1.54) is 12.8 Å². The summed E-state index contributed by atoms with van der Waals surface area (Å²) < 4.78 is 16.1. The van der Waals surface area contributed by atoms with Gasteiger partial charge in [0, 0.05) is 36.3 Å². The average Bonchev–Trinajstić information content (AvgIpc) is 3.25. The van der Waals surface area contributed by atoms with E-state index in [0.717, 1.165) is 42.0 Å². The number of ether oxygens (including phenoxy) is 2. The molecule has 1 unspecified atom stereocenters. The summed E-state index contributed by atoms with van der Waals surface area (Å²) in [6, 6.07) is 13.9. The fourth-order valence-electron chi connectivity index (χ4n) is 4.07. The molecule has 2 aromatic carbocycles. The Labute approximate surface area is 202 Å². The number of piperidine rings is 1.